The van der Waals surface area contributed by atoms with Gasteiger partial charge in [0.15, 0.2) is 0 Å². The summed E-state index contributed by atoms with van der Waals surface area (Å²) in [6.45, 7) is 3.72. The van der Waals surface area contributed by atoms with Crippen LogP contribution in [0.1, 0.15) is 31.6 Å². The molecule has 2 atom stereocenters. The van der Waals surface area contributed by atoms with Gasteiger partial charge in [-0.2, -0.15) is 0 Å². The average molecular weight is 304 g/mol. The van der Waals surface area contributed by atoms with Crippen LogP contribution < -0.4 is 5.32 Å². The van der Waals surface area contributed by atoms with Gasteiger partial charge in [0.2, 0.25) is 5.91 Å². The van der Waals surface area contributed by atoms with Crippen LogP contribution in [0.3, 0.4) is 0 Å². The Labute approximate surface area is 121 Å². The number of thiophene rings is 1. The SMILES string of the molecule is CC[C@H](C)[C@H](NC(=O)CCc1cc(Cl)cs1)C(=O)O. The molecule has 1 heterocycles. The van der Waals surface area contributed by atoms with Crippen molar-refractivity contribution >= 4 is 34.8 Å². The maximum atomic E-state index is 11.8. The van der Waals surface area contributed by atoms with E-state index in [0.717, 1.165) is 4.88 Å². The first-order valence-electron chi connectivity index (χ1n) is 6.19. The van der Waals surface area contributed by atoms with Crippen LogP contribution in [0.2, 0.25) is 5.02 Å². The van der Waals surface area contributed by atoms with Gasteiger partial charge in [0, 0.05) is 16.7 Å². The second-order valence-electron chi connectivity index (χ2n) is 4.50. The van der Waals surface area contributed by atoms with Crippen LogP contribution in [-0.4, -0.2) is 23.0 Å². The number of aryl methyl sites for hydroxylation is 1. The van der Waals surface area contributed by atoms with Crippen molar-refractivity contribution in [1.82, 2.24) is 5.32 Å². The number of carboxylic acids is 1. The number of halogens is 1. The van der Waals surface area contributed by atoms with E-state index < -0.39 is 12.0 Å². The Morgan fingerprint density at radius 2 is 2.21 bits per heavy atom. The number of carboxylic acid groups (broad SMARTS) is 1. The molecule has 0 spiro atoms. The largest absolute Gasteiger partial charge is 0.480 e. The number of hydrogen-bond acceptors (Lipinski definition) is 3. The Morgan fingerprint density at radius 3 is 2.68 bits per heavy atom. The molecule has 0 bridgehead atoms. The smallest absolute Gasteiger partial charge is 0.326 e. The third-order valence-corrected chi connectivity index (χ3v) is 4.36. The maximum Gasteiger partial charge on any atom is 0.326 e. The molecule has 0 aliphatic rings. The maximum absolute atomic E-state index is 11.8. The summed E-state index contributed by atoms with van der Waals surface area (Å²) < 4.78 is 0. The number of hydrogen-bond donors (Lipinski definition) is 2. The van der Waals surface area contributed by atoms with Crippen LogP contribution in [0.15, 0.2) is 11.4 Å². The van der Waals surface area contributed by atoms with Gasteiger partial charge < -0.3 is 10.4 Å². The fraction of sp³-hybridized carbons (Fsp3) is 0.538. The van der Waals surface area contributed by atoms with Crippen molar-refractivity contribution in [3.63, 3.8) is 0 Å². The lowest BCUT2D eigenvalue weighted by atomic mass is 9.99. The molecule has 6 heteroatoms. The van der Waals surface area contributed by atoms with Gasteiger partial charge in [-0.25, -0.2) is 4.79 Å². The highest BCUT2D eigenvalue weighted by Gasteiger charge is 2.24. The van der Waals surface area contributed by atoms with Crippen molar-refractivity contribution in [3.8, 4) is 0 Å². The van der Waals surface area contributed by atoms with Crippen LogP contribution in [0, 0.1) is 5.92 Å². The van der Waals surface area contributed by atoms with Gasteiger partial charge in [-0.15, -0.1) is 11.3 Å². The van der Waals surface area contributed by atoms with Crippen LogP contribution in [0.25, 0.3) is 0 Å². The summed E-state index contributed by atoms with van der Waals surface area (Å²) in [7, 11) is 0. The lowest BCUT2D eigenvalue weighted by molar-refractivity contribution is -0.143. The minimum Gasteiger partial charge on any atom is -0.480 e. The third-order valence-electron chi connectivity index (χ3n) is 3.02. The van der Waals surface area contributed by atoms with Crippen molar-refractivity contribution in [2.45, 2.75) is 39.2 Å². The van der Waals surface area contributed by atoms with Gasteiger partial charge in [-0.1, -0.05) is 31.9 Å². The van der Waals surface area contributed by atoms with E-state index in [0.29, 0.717) is 17.9 Å². The molecule has 106 valence electrons. The summed E-state index contributed by atoms with van der Waals surface area (Å²) in [6, 6.07) is 1.01. The van der Waals surface area contributed by atoms with Crippen LogP contribution in [0.5, 0.6) is 0 Å². The Balaban J connectivity index is 2.46. The second kappa shape index (κ2) is 7.50. The van der Waals surface area contributed by atoms with Gasteiger partial charge in [0.05, 0.1) is 5.02 Å². The zero-order valence-electron chi connectivity index (χ0n) is 11.0. The first-order chi connectivity index (χ1) is 8.93. The first-order valence-corrected chi connectivity index (χ1v) is 7.44. The molecule has 1 rings (SSSR count). The Kier molecular flexibility index (Phi) is 6.31. The third kappa shape index (κ3) is 5.20. The fourth-order valence-corrected chi connectivity index (χ4v) is 2.73. The molecule has 0 radical (unpaired) electrons. The number of nitrogens with one attached hydrogen (secondary N) is 1. The molecule has 4 nitrogen and oxygen atoms in total. The van der Waals surface area contributed by atoms with E-state index in [2.05, 4.69) is 5.32 Å². The van der Waals surface area contributed by atoms with E-state index in [1.807, 2.05) is 25.3 Å². The normalized spacial score (nSPS) is 13.8. The summed E-state index contributed by atoms with van der Waals surface area (Å²) in [6.07, 6.45) is 1.56. The predicted octanol–water partition coefficient (Wildman–Crippen LogP) is 2.95. The lowest BCUT2D eigenvalue weighted by Crippen LogP contribution is -2.45. The highest BCUT2D eigenvalue weighted by Crippen LogP contribution is 2.20. The van der Waals surface area contributed by atoms with Crippen molar-refractivity contribution in [2.75, 3.05) is 0 Å². The second-order valence-corrected chi connectivity index (χ2v) is 5.93. The Morgan fingerprint density at radius 1 is 1.53 bits per heavy atom. The number of amides is 1. The molecular weight excluding hydrogens is 286 g/mol. The van der Waals surface area contributed by atoms with E-state index in [9.17, 15) is 9.59 Å². The summed E-state index contributed by atoms with van der Waals surface area (Å²) in [5.41, 5.74) is 0. The number of carbonyl (C=O) groups is 2. The minimum absolute atomic E-state index is 0.0855. The Hall–Kier alpha value is -1.07. The number of aliphatic carboxylic acids is 1. The van der Waals surface area contributed by atoms with Crippen molar-refractivity contribution in [2.24, 2.45) is 5.92 Å². The van der Waals surface area contributed by atoms with Gasteiger partial charge in [0.25, 0.3) is 0 Å². The monoisotopic (exact) mass is 303 g/mol. The standard InChI is InChI=1S/C13H18ClNO3S/c1-3-8(2)12(13(17)18)15-11(16)5-4-10-6-9(14)7-19-10/h6-8,12H,3-5H2,1-2H3,(H,15,16)(H,17,18)/t8-,12-/m0/s1. The van der Waals surface area contributed by atoms with Gasteiger partial charge in [-0.3, -0.25) is 4.79 Å². The summed E-state index contributed by atoms with van der Waals surface area (Å²) in [5.74, 6) is -1.31. The minimum atomic E-state index is -0.984. The Bertz CT molecular complexity index is 447. The molecule has 1 aromatic rings. The van der Waals surface area contributed by atoms with Crippen LogP contribution in [-0.2, 0) is 16.0 Å². The molecule has 0 aliphatic heterocycles. The lowest BCUT2D eigenvalue weighted by Gasteiger charge is -2.19. The van der Waals surface area contributed by atoms with E-state index in [-0.39, 0.29) is 18.2 Å². The van der Waals surface area contributed by atoms with Crippen LogP contribution in [0.4, 0.5) is 0 Å². The van der Waals surface area contributed by atoms with Crippen molar-refractivity contribution < 1.29 is 14.7 Å². The van der Waals surface area contributed by atoms with Crippen molar-refractivity contribution in [3.05, 3.63) is 21.3 Å². The number of rotatable bonds is 7. The van der Waals surface area contributed by atoms with Gasteiger partial charge in [-0.05, 0) is 18.4 Å². The topological polar surface area (TPSA) is 66.4 Å². The van der Waals surface area contributed by atoms with Crippen molar-refractivity contribution in [1.29, 1.82) is 0 Å². The molecule has 2 N–H and O–H groups in total. The molecule has 0 unspecified atom stereocenters. The predicted molar refractivity (Wildman–Crippen MR) is 76.7 cm³/mol. The summed E-state index contributed by atoms with van der Waals surface area (Å²) in [4.78, 5) is 23.9. The van der Waals surface area contributed by atoms with Gasteiger partial charge >= 0.3 is 5.97 Å². The molecule has 0 saturated heterocycles. The van der Waals surface area contributed by atoms with Crippen LogP contribution >= 0.6 is 22.9 Å². The molecule has 19 heavy (non-hydrogen) atoms. The van der Waals surface area contributed by atoms with E-state index in [4.69, 9.17) is 16.7 Å². The summed E-state index contributed by atoms with van der Waals surface area (Å²) >= 11 is 7.29. The molecule has 0 aromatic carbocycles. The first kappa shape index (κ1) is 16.0. The fourth-order valence-electron chi connectivity index (χ4n) is 1.65. The zero-order valence-corrected chi connectivity index (χ0v) is 12.6. The number of carbonyl (C=O) groups excluding carboxylic acids is 1. The van der Waals surface area contributed by atoms with E-state index in [1.54, 1.807) is 0 Å². The highest BCUT2D eigenvalue weighted by atomic mass is 35.5. The molecule has 0 saturated carbocycles. The van der Waals surface area contributed by atoms with E-state index in [1.165, 1.54) is 11.3 Å². The molecule has 1 amide bonds. The average Bonchev–Trinajstić information content (AvgIpc) is 2.78. The zero-order chi connectivity index (χ0) is 14.4. The molecule has 1 aromatic heterocycles. The molecular formula is C13H18ClNO3S. The summed E-state index contributed by atoms with van der Waals surface area (Å²) in [5, 5.41) is 14.1. The van der Waals surface area contributed by atoms with E-state index >= 15 is 0 Å². The molecule has 0 aliphatic carbocycles. The highest BCUT2D eigenvalue weighted by molar-refractivity contribution is 7.10. The van der Waals surface area contributed by atoms with Gasteiger partial charge in [0.1, 0.15) is 6.04 Å². The quantitative estimate of drug-likeness (QED) is 0.814. The molecule has 0 fully saturated rings.